The van der Waals surface area contributed by atoms with Gasteiger partial charge in [-0.15, -0.1) is 0 Å². The largest absolute Gasteiger partial charge is 0.462 e. The quantitative estimate of drug-likeness (QED) is 0.158. The summed E-state index contributed by atoms with van der Waals surface area (Å²) in [5.74, 6) is 1.14. The van der Waals surface area contributed by atoms with Crippen molar-refractivity contribution in [2.45, 2.75) is 116 Å². The van der Waals surface area contributed by atoms with E-state index in [2.05, 4.69) is 70.2 Å². The van der Waals surface area contributed by atoms with Crippen LogP contribution in [-0.4, -0.2) is 31.8 Å². The maximum absolute atomic E-state index is 12.2. The van der Waals surface area contributed by atoms with Crippen LogP contribution >= 0.6 is 15.9 Å². The Morgan fingerprint density at radius 3 is 2.41 bits per heavy atom. The van der Waals surface area contributed by atoms with Crippen molar-refractivity contribution in [3.05, 3.63) is 12.2 Å². The second kappa shape index (κ2) is 9.15. The zero-order valence-corrected chi connectivity index (χ0v) is 24.4. The van der Waals surface area contributed by atoms with Gasteiger partial charge < -0.3 is 9.16 Å². The summed E-state index contributed by atoms with van der Waals surface area (Å²) in [5.41, 5.74) is 1.61. The van der Waals surface area contributed by atoms with Crippen molar-refractivity contribution in [2.24, 2.45) is 28.6 Å². The summed E-state index contributed by atoms with van der Waals surface area (Å²) in [6, 6.07) is 0. The van der Waals surface area contributed by atoms with E-state index in [-0.39, 0.29) is 27.9 Å². The van der Waals surface area contributed by atoms with Gasteiger partial charge in [0.25, 0.3) is 0 Å². The third-order valence-corrected chi connectivity index (χ3v) is 15.6. The van der Waals surface area contributed by atoms with Crippen LogP contribution in [0.4, 0.5) is 0 Å². The molecule has 5 heteroatoms. The minimum atomic E-state index is -1.82. The molecule has 3 nitrogen and oxygen atoms in total. The van der Waals surface area contributed by atoms with E-state index < -0.39 is 8.32 Å². The van der Waals surface area contributed by atoms with Crippen LogP contribution in [0.5, 0.6) is 0 Å². The van der Waals surface area contributed by atoms with E-state index >= 15 is 0 Å². The van der Waals surface area contributed by atoms with Gasteiger partial charge in [0, 0.05) is 30.2 Å². The summed E-state index contributed by atoms with van der Waals surface area (Å²) in [5, 5.41) is 0.211. The number of carbonyl (C=O) groups is 1. The van der Waals surface area contributed by atoms with E-state index in [0.29, 0.717) is 22.6 Å². The molecular formula is C27H47BrO3Si. The maximum atomic E-state index is 12.2. The van der Waals surface area contributed by atoms with E-state index in [1.54, 1.807) is 6.92 Å². The van der Waals surface area contributed by atoms with Crippen molar-refractivity contribution in [3.8, 4) is 0 Å². The number of rotatable bonds is 5. The summed E-state index contributed by atoms with van der Waals surface area (Å²) in [4.78, 5) is 12.8. The second-order valence-corrected chi connectivity index (χ2v) is 19.1. The highest BCUT2D eigenvalue weighted by Gasteiger charge is 2.58. The van der Waals surface area contributed by atoms with E-state index in [0.717, 1.165) is 32.3 Å². The van der Waals surface area contributed by atoms with Crippen molar-refractivity contribution < 1.29 is 14.0 Å². The zero-order valence-electron chi connectivity index (χ0n) is 21.9. The molecule has 0 amide bonds. The molecule has 0 heterocycles. The molecule has 0 saturated heterocycles. The molecule has 3 fully saturated rings. The van der Waals surface area contributed by atoms with Gasteiger partial charge >= 0.3 is 5.97 Å². The van der Waals surface area contributed by atoms with E-state index in [4.69, 9.17) is 9.16 Å². The SMILES string of the molecule is C=C1CCC2[C@H](OC(C)=O)C([C@@]3(C)CC[C@@H](Br)C[C@@H]3CO[Si](C)(C)C(C)(C)C)CC[C@]12C. The minimum Gasteiger partial charge on any atom is -0.462 e. The molecule has 0 aromatic rings. The molecule has 3 saturated carbocycles. The van der Waals surface area contributed by atoms with Gasteiger partial charge in [0.1, 0.15) is 6.10 Å². The molecule has 0 bridgehead atoms. The van der Waals surface area contributed by atoms with Crippen molar-refractivity contribution in [1.29, 1.82) is 0 Å². The lowest BCUT2D eigenvalue weighted by Crippen LogP contribution is -2.55. The van der Waals surface area contributed by atoms with E-state index in [1.807, 2.05) is 0 Å². The fourth-order valence-corrected chi connectivity index (χ4v) is 8.42. The molecule has 184 valence electrons. The van der Waals surface area contributed by atoms with Crippen molar-refractivity contribution in [2.75, 3.05) is 6.61 Å². The Bertz CT molecular complexity index is 729. The van der Waals surface area contributed by atoms with Gasteiger partial charge in [-0.25, -0.2) is 0 Å². The molecule has 3 aliphatic carbocycles. The Morgan fingerprint density at radius 2 is 1.81 bits per heavy atom. The Kier molecular flexibility index (Phi) is 7.57. The number of esters is 1. The molecule has 0 aliphatic heterocycles. The van der Waals surface area contributed by atoms with E-state index in [1.165, 1.54) is 24.8 Å². The number of carbonyl (C=O) groups excluding carboxylic acids is 1. The summed E-state index contributed by atoms with van der Waals surface area (Å²) in [6.45, 7) is 23.4. The Balaban J connectivity index is 1.90. The minimum absolute atomic E-state index is 0.00209. The summed E-state index contributed by atoms with van der Waals surface area (Å²) in [6.07, 6.45) is 7.95. The van der Waals surface area contributed by atoms with Gasteiger partial charge in [0.2, 0.25) is 0 Å². The number of alkyl halides is 1. The van der Waals surface area contributed by atoms with Crippen molar-refractivity contribution in [3.63, 3.8) is 0 Å². The summed E-state index contributed by atoms with van der Waals surface area (Å²) >= 11 is 3.94. The van der Waals surface area contributed by atoms with Crippen LogP contribution in [0.15, 0.2) is 12.2 Å². The zero-order chi connectivity index (χ0) is 24.1. The summed E-state index contributed by atoms with van der Waals surface area (Å²) < 4.78 is 13.0. The third-order valence-electron chi connectivity index (χ3n) is 10.2. The lowest BCUT2D eigenvalue weighted by atomic mass is 9.52. The van der Waals surface area contributed by atoms with E-state index in [9.17, 15) is 4.79 Å². The Labute approximate surface area is 206 Å². The summed E-state index contributed by atoms with van der Waals surface area (Å²) in [7, 11) is -1.82. The lowest BCUT2D eigenvalue weighted by molar-refractivity contribution is -0.171. The van der Waals surface area contributed by atoms with Crippen LogP contribution in [0.25, 0.3) is 0 Å². The number of allylic oxidation sites excluding steroid dienone is 1. The Hall–Kier alpha value is -0.133. The fourth-order valence-electron chi connectivity index (χ4n) is 6.69. The predicted octanol–water partition coefficient (Wildman–Crippen LogP) is 7.89. The second-order valence-electron chi connectivity index (χ2n) is 13.0. The van der Waals surface area contributed by atoms with Crippen LogP contribution < -0.4 is 0 Å². The topological polar surface area (TPSA) is 35.5 Å². The molecule has 0 aromatic carbocycles. The van der Waals surface area contributed by atoms with Crippen LogP contribution in [0, 0.1) is 28.6 Å². The molecule has 2 unspecified atom stereocenters. The van der Waals surface area contributed by atoms with Gasteiger partial charge in [-0.1, -0.05) is 62.7 Å². The van der Waals surface area contributed by atoms with Gasteiger partial charge in [-0.2, -0.15) is 0 Å². The third kappa shape index (κ3) is 4.82. The molecule has 0 spiro atoms. The molecule has 3 rings (SSSR count). The monoisotopic (exact) mass is 526 g/mol. The molecule has 32 heavy (non-hydrogen) atoms. The Morgan fingerprint density at radius 1 is 1.16 bits per heavy atom. The van der Waals surface area contributed by atoms with Crippen molar-refractivity contribution in [1.82, 2.24) is 0 Å². The van der Waals surface area contributed by atoms with Crippen LogP contribution in [0.2, 0.25) is 18.1 Å². The first kappa shape index (κ1) is 26.5. The number of fused-ring (bicyclic) bond motifs is 1. The van der Waals surface area contributed by atoms with Gasteiger partial charge in [-0.05, 0) is 79.8 Å². The highest BCUT2D eigenvalue weighted by molar-refractivity contribution is 9.09. The van der Waals surface area contributed by atoms with Gasteiger partial charge in [0.05, 0.1) is 0 Å². The van der Waals surface area contributed by atoms with Crippen LogP contribution in [0.1, 0.15) is 86.5 Å². The molecular weight excluding hydrogens is 480 g/mol. The first-order valence-electron chi connectivity index (χ1n) is 12.8. The number of hydrogen-bond donors (Lipinski definition) is 0. The van der Waals surface area contributed by atoms with Crippen molar-refractivity contribution >= 4 is 30.2 Å². The first-order valence-corrected chi connectivity index (χ1v) is 16.6. The predicted molar refractivity (Wildman–Crippen MR) is 140 cm³/mol. The first-order chi connectivity index (χ1) is 14.6. The van der Waals surface area contributed by atoms with Gasteiger partial charge in [-0.3, -0.25) is 4.79 Å². The van der Waals surface area contributed by atoms with Crippen LogP contribution in [0.3, 0.4) is 0 Å². The maximum Gasteiger partial charge on any atom is 0.302 e. The average molecular weight is 528 g/mol. The molecule has 0 N–H and O–H groups in total. The average Bonchev–Trinajstić information content (AvgIpc) is 2.97. The lowest BCUT2D eigenvalue weighted by Gasteiger charge is -2.56. The number of halogens is 1. The smallest absolute Gasteiger partial charge is 0.302 e. The molecule has 0 aromatic heterocycles. The van der Waals surface area contributed by atoms with Gasteiger partial charge in [0.15, 0.2) is 8.32 Å². The number of ether oxygens (including phenoxy) is 1. The highest BCUT2D eigenvalue weighted by Crippen LogP contribution is 2.62. The van der Waals surface area contributed by atoms with Crippen LogP contribution in [-0.2, 0) is 14.0 Å². The molecule has 3 aliphatic rings. The molecule has 0 radical (unpaired) electrons. The normalized spacial score (nSPS) is 40.8. The molecule has 7 atom stereocenters. The standard InChI is InChI=1S/C27H47BrO3Si/c1-18-10-11-22-24(31-19(2)29)23(13-15-26(18,22)6)27(7)14-12-21(28)16-20(27)17-30-32(8,9)25(3,4)5/h20-24H,1,10-17H2,2-9H3/t20-,21-,22?,23?,24+,26-,27+/m1/s1. The number of hydrogen-bond acceptors (Lipinski definition) is 3. The fraction of sp³-hybridized carbons (Fsp3) is 0.889. The highest BCUT2D eigenvalue weighted by atomic mass is 79.9.